The Morgan fingerprint density at radius 1 is 1.14 bits per heavy atom. The average molecular weight is 377 g/mol. The zero-order valence-electron chi connectivity index (χ0n) is 16.8. The van der Waals surface area contributed by atoms with Crippen molar-refractivity contribution in [2.45, 2.75) is 40.2 Å². The molecule has 28 heavy (non-hydrogen) atoms. The van der Waals surface area contributed by atoms with Gasteiger partial charge < -0.3 is 10.5 Å². The van der Waals surface area contributed by atoms with Crippen LogP contribution in [0.1, 0.15) is 37.1 Å². The molecule has 0 spiro atoms. The molecule has 4 nitrogen and oxygen atoms in total. The number of primary amides is 1. The van der Waals surface area contributed by atoms with E-state index in [1.807, 2.05) is 51.1 Å². The first-order valence-electron chi connectivity index (χ1n) is 9.96. The Balaban J connectivity index is 0.00000109. The van der Waals surface area contributed by atoms with Crippen molar-refractivity contribution in [3.05, 3.63) is 71.4 Å². The first kappa shape index (κ1) is 19.9. The van der Waals surface area contributed by atoms with Crippen molar-refractivity contribution in [2.24, 2.45) is 17.6 Å². The van der Waals surface area contributed by atoms with Crippen molar-refractivity contribution in [3.8, 4) is 5.75 Å². The van der Waals surface area contributed by atoms with Crippen LogP contribution in [0.25, 0.3) is 10.9 Å². The van der Waals surface area contributed by atoms with Crippen LogP contribution in [0.15, 0.2) is 54.6 Å². The second-order valence-electron chi connectivity index (χ2n) is 7.08. The Labute approximate surface area is 166 Å². The maximum atomic E-state index is 11.2. The molecule has 2 atom stereocenters. The van der Waals surface area contributed by atoms with E-state index in [0.29, 0.717) is 12.5 Å². The van der Waals surface area contributed by atoms with Gasteiger partial charge in [-0.15, -0.1) is 0 Å². The van der Waals surface area contributed by atoms with E-state index in [0.717, 1.165) is 40.8 Å². The van der Waals surface area contributed by atoms with E-state index >= 15 is 0 Å². The number of hydrogen-bond donors (Lipinski definition) is 1. The van der Waals surface area contributed by atoms with E-state index in [2.05, 4.69) is 29.2 Å². The SMILES string of the molecule is CC.Cc1cc(COc2ccc(CC3CC3C(N)=O)cc2)c2ccccc2n1. The molecular formula is C24H28N2O2. The molecule has 2 N–H and O–H groups in total. The molecule has 1 heterocycles. The summed E-state index contributed by atoms with van der Waals surface area (Å²) in [4.78, 5) is 15.7. The lowest BCUT2D eigenvalue weighted by molar-refractivity contribution is -0.119. The molecule has 1 fully saturated rings. The molecule has 1 aromatic heterocycles. The quantitative estimate of drug-likeness (QED) is 0.671. The predicted molar refractivity (Wildman–Crippen MR) is 113 cm³/mol. The number of fused-ring (bicyclic) bond motifs is 1. The van der Waals surface area contributed by atoms with Gasteiger partial charge in [0.25, 0.3) is 0 Å². The highest BCUT2D eigenvalue weighted by atomic mass is 16.5. The van der Waals surface area contributed by atoms with Gasteiger partial charge in [-0.3, -0.25) is 9.78 Å². The number of benzene rings is 2. The maximum absolute atomic E-state index is 11.2. The molecular weight excluding hydrogens is 348 g/mol. The lowest BCUT2D eigenvalue weighted by Crippen LogP contribution is -2.14. The highest BCUT2D eigenvalue weighted by Gasteiger charge is 2.41. The van der Waals surface area contributed by atoms with Gasteiger partial charge in [-0.25, -0.2) is 0 Å². The van der Waals surface area contributed by atoms with Crippen molar-refractivity contribution < 1.29 is 9.53 Å². The average Bonchev–Trinajstić information content (AvgIpc) is 3.48. The second-order valence-corrected chi connectivity index (χ2v) is 7.08. The number of hydrogen-bond acceptors (Lipinski definition) is 3. The fourth-order valence-electron chi connectivity index (χ4n) is 3.52. The molecule has 4 rings (SSSR count). The van der Waals surface area contributed by atoms with Crippen molar-refractivity contribution in [3.63, 3.8) is 0 Å². The topological polar surface area (TPSA) is 65.2 Å². The number of para-hydroxylation sites is 1. The minimum Gasteiger partial charge on any atom is -0.489 e. The zero-order valence-corrected chi connectivity index (χ0v) is 16.8. The predicted octanol–water partition coefficient (Wildman–Crippen LogP) is 4.81. The van der Waals surface area contributed by atoms with Crippen LogP contribution < -0.4 is 10.5 Å². The van der Waals surface area contributed by atoms with Gasteiger partial charge in [0.2, 0.25) is 5.91 Å². The number of carbonyl (C=O) groups is 1. The fourth-order valence-corrected chi connectivity index (χ4v) is 3.52. The fraction of sp³-hybridized carbons (Fsp3) is 0.333. The Hall–Kier alpha value is -2.88. The number of ether oxygens (including phenoxy) is 1. The van der Waals surface area contributed by atoms with E-state index < -0.39 is 0 Å². The van der Waals surface area contributed by atoms with Crippen molar-refractivity contribution in [1.82, 2.24) is 4.98 Å². The van der Waals surface area contributed by atoms with Crippen LogP contribution in [-0.4, -0.2) is 10.9 Å². The summed E-state index contributed by atoms with van der Waals surface area (Å²) in [5.41, 5.74) is 9.69. The summed E-state index contributed by atoms with van der Waals surface area (Å²) >= 11 is 0. The number of pyridine rings is 1. The Bertz CT molecular complexity index is 950. The summed E-state index contributed by atoms with van der Waals surface area (Å²) in [6, 6.07) is 18.3. The first-order chi connectivity index (χ1) is 13.6. The first-order valence-corrected chi connectivity index (χ1v) is 9.96. The van der Waals surface area contributed by atoms with Crippen LogP contribution in [0, 0.1) is 18.8 Å². The third-order valence-corrected chi connectivity index (χ3v) is 5.03. The monoisotopic (exact) mass is 376 g/mol. The zero-order chi connectivity index (χ0) is 20.1. The van der Waals surface area contributed by atoms with Crippen LogP contribution in [0.4, 0.5) is 0 Å². The van der Waals surface area contributed by atoms with Gasteiger partial charge in [-0.2, -0.15) is 0 Å². The minimum atomic E-state index is -0.171. The molecule has 4 heteroatoms. The van der Waals surface area contributed by atoms with Crippen molar-refractivity contribution in [2.75, 3.05) is 0 Å². The maximum Gasteiger partial charge on any atom is 0.220 e. The molecule has 3 aromatic rings. The Morgan fingerprint density at radius 3 is 2.54 bits per heavy atom. The van der Waals surface area contributed by atoms with Gasteiger partial charge in [-0.1, -0.05) is 44.2 Å². The molecule has 0 aliphatic heterocycles. The molecule has 2 aromatic carbocycles. The third kappa shape index (κ3) is 4.69. The number of nitrogens with two attached hydrogens (primary N) is 1. The van der Waals surface area contributed by atoms with Crippen LogP contribution >= 0.6 is 0 Å². The standard InChI is InChI=1S/C22H22N2O2.C2H6/c1-14-10-17(19-4-2-3-5-21(19)24-14)13-26-18-8-6-15(7-9-18)11-16-12-20(16)22(23)25;1-2/h2-10,16,20H,11-13H2,1H3,(H2,23,25);1-2H3. The minimum absolute atomic E-state index is 0.0640. The molecule has 1 saturated carbocycles. The summed E-state index contributed by atoms with van der Waals surface area (Å²) in [7, 11) is 0. The van der Waals surface area contributed by atoms with Gasteiger partial charge in [0, 0.05) is 22.6 Å². The molecule has 1 aliphatic carbocycles. The normalized spacial score (nSPS) is 17.5. The lowest BCUT2D eigenvalue weighted by Gasteiger charge is -2.10. The number of nitrogens with zero attached hydrogens (tertiary/aromatic N) is 1. The van der Waals surface area contributed by atoms with E-state index in [-0.39, 0.29) is 11.8 Å². The summed E-state index contributed by atoms with van der Waals surface area (Å²) in [5, 5.41) is 1.13. The van der Waals surface area contributed by atoms with E-state index in [4.69, 9.17) is 10.5 Å². The van der Waals surface area contributed by atoms with Gasteiger partial charge in [0.15, 0.2) is 0 Å². The molecule has 146 valence electrons. The van der Waals surface area contributed by atoms with Crippen LogP contribution in [0.3, 0.4) is 0 Å². The molecule has 2 unspecified atom stereocenters. The number of rotatable bonds is 6. The smallest absolute Gasteiger partial charge is 0.220 e. The largest absolute Gasteiger partial charge is 0.489 e. The Kier molecular flexibility index (Phi) is 6.30. The van der Waals surface area contributed by atoms with E-state index in [1.165, 1.54) is 5.56 Å². The second kappa shape index (κ2) is 8.87. The number of amides is 1. The van der Waals surface area contributed by atoms with Crippen LogP contribution in [-0.2, 0) is 17.8 Å². The summed E-state index contributed by atoms with van der Waals surface area (Å²) in [6.07, 6.45) is 1.82. The van der Waals surface area contributed by atoms with Gasteiger partial charge in [0.1, 0.15) is 12.4 Å². The van der Waals surface area contributed by atoms with E-state index in [1.54, 1.807) is 0 Å². The van der Waals surface area contributed by atoms with Gasteiger partial charge >= 0.3 is 0 Å². The van der Waals surface area contributed by atoms with Gasteiger partial charge in [0.05, 0.1) is 5.52 Å². The Morgan fingerprint density at radius 2 is 1.86 bits per heavy atom. The highest BCUT2D eigenvalue weighted by Crippen LogP contribution is 2.40. The molecule has 0 bridgehead atoms. The van der Waals surface area contributed by atoms with Gasteiger partial charge in [-0.05, 0) is 55.5 Å². The number of carbonyl (C=O) groups excluding carboxylic acids is 1. The summed E-state index contributed by atoms with van der Waals surface area (Å²) < 4.78 is 5.99. The van der Waals surface area contributed by atoms with Crippen molar-refractivity contribution in [1.29, 1.82) is 0 Å². The van der Waals surface area contributed by atoms with Crippen LogP contribution in [0.2, 0.25) is 0 Å². The van der Waals surface area contributed by atoms with E-state index in [9.17, 15) is 4.79 Å². The van der Waals surface area contributed by atoms with Crippen molar-refractivity contribution >= 4 is 16.8 Å². The molecule has 0 saturated heterocycles. The summed E-state index contributed by atoms with van der Waals surface area (Å²) in [5.74, 6) is 1.14. The molecule has 0 radical (unpaired) electrons. The molecule has 1 aliphatic rings. The summed E-state index contributed by atoms with van der Waals surface area (Å²) in [6.45, 7) is 6.51. The van der Waals surface area contributed by atoms with Crippen LogP contribution in [0.5, 0.6) is 5.75 Å². The number of aryl methyl sites for hydroxylation is 1. The lowest BCUT2D eigenvalue weighted by atomic mass is 10.1. The third-order valence-electron chi connectivity index (χ3n) is 5.03. The molecule has 1 amide bonds. The number of aromatic nitrogens is 1. The highest BCUT2D eigenvalue weighted by molar-refractivity contribution is 5.82.